The van der Waals surface area contributed by atoms with Crippen molar-refractivity contribution in [2.75, 3.05) is 49.1 Å². The van der Waals surface area contributed by atoms with E-state index in [9.17, 15) is 9.90 Å². The molecule has 1 fully saturated rings. The zero-order chi connectivity index (χ0) is 15.8. The molecule has 2 amide bonds. The van der Waals surface area contributed by atoms with Crippen LogP contribution in [0.25, 0.3) is 0 Å². The molecule has 5 nitrogen and oxygen atoms in total. The number of amides is 2. The number of urea groups is 1. The number of hydrogen-bond donors (Lipinski definition) is 2. The van der Waals surface area contributed by atoms with Gasteiger partial charge in [0.15, 0.2) is 0 Å². The number of thioether (sulfide) groups is 1. The van der Waals surface area contributed by atoms with E-state index in [2.05, 4.69) is 17.1 Å². The SMILES string of the molecule is CCCSCCNC(=O)N1CCN(c2ccc(O)cc2)CC1. The van der Waals surface area contributed by atoms with E-state index in [0.717, 1.165) is 49.9 Å². The molecule has 0 saturated carbocycles. The number of carbonyl (C=O) groups excluding carboxylic acids is 1. The van der Waals surface area contributed by atoms with Gasteiger partial charge in [-0.3, -0.25) is 0 Å². The Balaban J connectivity index is 1.70. The lowest BCUT2D eigenvalue weighted by molar-refractivity contribution is 0.195. The zero-order valence-corrected chi connectivity index (χ0v) is 13.9. The van der Waals surface area contributed by atoms with Crippen LogP contribution in [0.4, 0.5) is 10.5 Å². The molecule has 1 aliphatic heterocycles. The summed E-state index contributed by atoms with van der Waals surface area (Å²) in [5, 5.41) is 12.3. The molecular formula is C16H25N3O2S. The fourth-order valence-corrected chi connectivity index (χ4v) is 3.16. The second-order valence-electron chi connectivity index (χ2n) is 5.33. The molecule has 0 unspecified atom stereocenters. The third kappa shape index (κ3) is 5.02. The molecule has 0 aromatic heterocycles. The second kappa shape index (κ2) is 8.78. The van der Waals surface area contributed by atoms with E-state index in [1.54, 1.807) is 12.1 Å². The van der Waals surface area contributed by atoms with Gasteiger partial charge >= 0.3 is 6.03 Å². The molecule has 1 saturated heterocycles. The number of phenolic OH excluding ortho intramolecular Hbond substituents is 1. The monoisotopic (exact) mass is 323 g/mol. The van der Waals surface area contributed by atoms with Crippen molar-refractivity contribution < 1.29 is 9.90 Å². The van der Waals surface area contributed by atoms with E-state index in [-0.39, 0.29) is 11.8 Å². The molecule has 0 atom stereocenters. The normalized spacial score (nSPS) is 15.0. The molecule has 0 bridgehead atoms. The average molecular weight is 323 g/mol. The zero-order valence-electron chi connectivity index (χ0n) is 13.1. The summed E-state index contributed by atoms with van der Waals surface area (Å²) in [6.07, 6.45) is 1.18. The highest BCUT2D eigenvalue weighted by Gasteiger charge is 2.20. The quantitative estimate of drug-likeness (QED) is 0.789. The maximum absolute atomic E-state index is 12.1. The van der Waals surface area contributed by atoms with Crippen molar-refractivity contribution in [3.05, 3.63) is 24.3 Å². The Kier molecular flexibility index (Phi) is 6.71. The lowest BCUT2D eigenvalue weighted by Crippen LogP contribution is -2.52. The minimum atomic E-state index is 0.0439. The molecule has 1 aliphatic rings. The van der Waals surface area contributed by atoms with Gasteiger partial charge in [0, 0.05) is 44.2 Å². The summed E-state index contributed by atoms with van der Waals surface area (Å²) in [5.74, 6) is 2.41. The first-order valence-corrected chi connectivity index (χ1v) is 9.00. The Labute approximate surface area is 136 Å². The van der Waals surface area contributed by atoms with Crippen molar-refractivity contribution in [3.63, 3.8) is 0 Å². The summed E-state index contributed by atoms with van der Waals surface area (Å²) >= 11 is 1.88. The Morgan fingerprint density at radius 1 is 1.18 bits per heavy atom. The van der Waals surface area contributed by atoms with Crippen LogP contribution in [-0.4, -0.2) is 60.3 Å². The summed E-state index contributed by atoms with van der Waals surface area (Å²) in [4.78, 5) is 16.2. The maximum Gasteiger partial charge on any atom is 0.317 e. The van der Waals surface area contributed by atoms with Crippen molar-refractivity contribution in [1.82, 2.24) is 10.2 Å². The summed E-state index contributed by atoms with van der Waals surface area (Å²) in [7, 11) is 0. The van der Waals surface area contributed by atoms with Gasteiger partial charge in [0.1, 0.15) is 5.75 Å². The first-order chi connectivity index (χ1) is 10.7. The van der Waals surface area contributed by atoms with Gasteiger partial charge in [0.2, 0.25) is 0 Å². The first kappa shape index (κ1) is 16.8. The summed E-state index contributed by atoms with van der Waals surface area (Å²) in [6.45, 7) is 6.01. The Morgan fingerprint density at radius 3 is 2.50 bits per heavy atom. The molecule has 1 aromatic rings. The Bertz CT molecular complexity index is 459. The van der Waals surface area contributed by atoms with Crippen LogP contribution >= 0.6 is 11.8 Å². The lowest BCUT2D eigenvalue weighted by Gasteiger charge is -2.36. The lowest BCUT2D eigenvalue weighted by atomic mass is 10.2. The van der Waals surface area contributed by atoms with Gasteiger partial charge < -0.3 is 20.2 Å². The van der Waals surface area contributed by atoms with Crippen LogP contribution in [0.3, 0.4) is 0 Å². The van der Waals surface area contributed by atoms with Gasteiger partial charge in [-0.15, -0.1) is 0 Å². The molecule has 0 radical (unpaired) electrons. The van der Waals surface area contributed by atoms with E-state index in [0.29, 0.717) is 0 Å². The highest BCUT2D eigenvalue weighted by Crippen LogP contribution is 2.19. The van der Waals surface area contributed by atoms with Crippen LogP contribution in [0.15, 0.2) is 24.3 Å². The van der Waals surface area contributed by atoms with E-state index in [1.807, 2.05) is 28.8 Å². The van der Waals surface area contributed by atoms with E-state index in [1.165, 1.54) is 6.42 Å². The van der Waals surface area contributed by atoms with Crippen molar-refractivity contribution >= 4 is 23.5 Å². The minimum Gasteiger partial charge on any atom is -0.508 e. The number of rotatable bonds is 6. The van der Waals surface area contributed by atoms with E-state index in [4.69, 9.17) is 0 Å². The van der Waals surface area contributed by atoms with Crippen molar-refractivity contribution in [1.29, 1.82) is 0 Å². The van der Waals surface area contributed by atoms with Crippen LogP contribution < -0.4 is 10.2 Å². The van der Waals surface area contributed by atoms with Gasteiger partial charge in [0.25, 0.3) is 0 Å². The van der Waals surface area contributed by atoms with Crippen molar-refractivity contribution in [2.45, 2.75) is 13.3 Å². The molecule has 0 aliphatic carbocycles. The second-order valence-corrected chi connectivity index (χ2v) is 6.56. The molecule has 2 N–H and O–H groups in total. The van der Waals surface area contributed by atoms with Gasteiger partial charge in [-0.05, 0) is 36.4 Å². The number of benzene rings is 1. The molecule has 2 rings (SSSR count). The molecule has 1 aromatic carbocycles. The molecule has 6 heteroatoms. The minimum absolute atomic E-state index is 0.0439. The predicted molar refractivity (Wildman–Crippen MR) is 92.9 cm³/mol. The molecular weight excluding hydrogens is 298 g/mol. The molecule has 0 spiro atoms. The Hall–Kier alpha value is -1.56. The summed E-state index contributed by atoms with van der Waals surface area (Å²) in [6, 6.07) is 7.26. The number of carbonyl (C=O) groups is 1. The van der Waals surface area contributed by atoms with Crippen LogP contribution in [-0.2, 0) is 0 Å². The van der Waals surface area contributed by atoms with Crippen LogP contribution in [0.2, 0.25) is 0 Å². The largest absolute Gasteiger partial charge is 0.508 e. The third-order valence-electron chi connectivity index (χ3n) is 3.65. The number of phenols is 1. The van der Waals surface area contributed by atoms with Crippen molar-refractivity contribution in [2.24, 2.45) is 0 Å². The highest BCUT2D eigenvalue weighted by atomic mass is 32.2. The smallest absolute Gasteiger partial charge is 0.317 e. The molecule has 122 valence electrons. The van der Waals surface area contributed by atoms with Gasteiger partial charge in [0.05, 0.1) is 0 Å². The van der Waals surface area contributed by atoms with Crippen LogP contribution in [0, 0.1) is 0 Å². The van der Waals surface area contributed by atoms with E-state index < -0.39 is 0 Å². The number of hydrogen-bond acceptors (Lipinski definition) is 4. The topological polar surface area (TPSA) is 55.8 Å². The standard InChI is InChI=1S/C16H25N3O2S/c1-2-12-22-13-7-17-16(21)19-10-8-18(9-11-19)14-3-5-15(20)6-4-14/h3-6,20H,2,7-13H2,1H3,(H,17,21). The molecule has 1 heterocycles. The van der Waals surface area contributed by atoms with Crippen LogP contribution in [0.1, 0.15) is 13.3 Å². The number of anilines is 1. The predicted octanol–water partition coefficient (Wildman–Crippen LogP) is 2.37. The number of aromatic hydroxyl groups is 1. The fraction of sp³-hybridized carbons (Fsp3) is 0.562. The van der Waals surface area contributed by atoms with Gasteiger partial charge in [-0.25, -0.2) is 4.79 Å². The summed E-state index contributed by atoms with van der Waals surface area (Å²) in [5.41, 5.74) is 1.09. The summed E-state index contributed by atoms with van der Waals surface area (Å²) < 4.78 is 0. The fourth-order valence-electron chi connectivity index (χ4n) is 2.42. The van der Waals surface area contributed by atoms with Crippen molar-refractivity contribution in [3.8, 4) is 5.75 Å². The Morgan fingerprint density at radius 2 is 1.86 bits per heavy atom. The first-order valence-electron chi connectivity index (χ1n) is 7.85. The average Bonchev–Trinajstić information content (AvgIpc) is 2.55. The number of nitrogens with zero attached hydrogens (tertiary/aromatic N) is 2. The number of piperazine rings is 1. The van der Waals surface area contributed by atoms with Gasteiger partial charge in [-0.2, -0.15) is 11.8 Å². The molecule has 22 heavy (non-hydrogen) atoms. The number of nitrogens with one attached hydrogen (secondary N) is 1. The maximum atomic E-state index is 12.1. The highest BCUT2D eigenvalue weighted by molar-refractivity contribution is 7.99. The van der Waals surface area contributed by atoms with Crippen LogP contribution in [0.5, 0.6) is 5.75 Å². The van der Waals surface area contributed by atoms with Gasteiger partial charge in [-0.1, -0.05) is 6.92 Å². The van der Waals surface area contributed by atoms with E-state index >= 15 is 0 Å². The third-order valence-corrected chi connectivity index (χ3v) is 4.84.